The zero-order valence-electron chi connectivity index (χ0n) is 13.6. The molecule has 0 amide bonds. The van der Waals surface area contributed by atoms with Crippen molar-refractivity contribution in [3.63, 3.8) is 0 Å². The lowest BCUT2D eigenvalue weighted by Crippen LogP contribution is -2.24. The summed E-state index contributed by atoms with van der Waals surface area (Å²) in [5.41, 5.74) is 1.10. The summed E-state index contributed by atoms with van der Waals surface area (Å²) in [4.78, 5) is 4.26. The van der Waals surface area contributed by atoms with Gasteiger partial charge in [0, 0.05) is 6.20 Å². The molecule has 2 heterocycles. The number of hydrogen-bond acceptors (Lipinski definition) is 7. The molecule has 0 atom stereocenters. The second-order valence-electron chi connectivity index (χ2n) is 5.17. The summed E-state index contributed by atoms with van der Waals surface area (Å²) in [7, 11) is -2.19. The van der Waals surface area contributed by atoms with Crippen LogP contribution in [0, 0.1) is 6.92 Å². The predicted molar refractivity (Wildman–Crippen MR) is 89.3 cm³/mol. The zero-order valence-corrected chi connectivity index (χ0v) is 14.4. The van der Waals surface area contributed by atoms with Gasteiger partial charge in [-0.25, -0.2) is 13.1 Å². The summed E-state index contributed by atoms with van der Waals surface area (Å²) >= 11 is 0. The van der Waals surface area contributed by atoms with Crippen molar-refractivity contribution in [1.29, 1.82) is 0 Å². The third kappa shape index (κ3) is 3.83. The van der Waals surface area contributed by atoms with Gasteiger partial charge in [-0.2, -0.15) is 0 Å². The highest BCUT2D eigenvalue weighted by Gasteiger charge is 2.19. The Morgan fingerprint density at radius 1 is 1.20 bits per heavy atom. The number of benzene rings is 1. The fourth-order valence-corrected chi connectivity index (χ4v) is 3.40. The first-order valence-electron chi connectivity index (χ1n) is 7.38. The molecule has 0 saturated carbocycles. The summed E-state index contributed by atoms with van der Waals surface area (Å²) < 4.78 is 37.9. The van der Waals surface area contributed by atoms with Crippen LogP contribution in [-0.2, 0) is 16.6 Å². The zero-order chi connectivity index (χ0) is 17.9. The third-order valence-electron chi connectivity index (χ3n) is 3.44. The molecule has 0 aliphatic carbocycles. The first-order valence-corrected chi connectivity index (χ1v) is 8.86. The van der Waals surface area contributed by atoms with Gasteiger partial charge in [0.25, 0.3) is 5.89 Å². The molecule has 0 aliphatic heterocycles. The molecule has 3 aromatic rings. The SMILES string of the molecule is COc1ccc(S(=O)(=O)NCc2nnc(-c3ccccn3)o2)c(C)c1. The lowest BCUT2D eigenvalue weighted by molar-refractivity contribution is 0.414. The van der Waals surface area contributed by atoms with E-state index < -0.39 is 10.0 Å². The Balaban J connectivity index is 1.74. The highest BCUT2D eigenvalue weighted by atomic mass is 32.2. The number of ether oxygens (including phenoxy) is 1. The van der Waals surface area contributed by atoms with E-state index in [4.69, 9.17) is 9.15 Å². The Hall–Kier alpha value is -2.78. The van der Waals surface area contributed by atoms with Crippen LogP contribution < -0.4 is 9.46 Å². The van der Waals surface area contributed by atoms with E-state index in [0.29, 0.717) is 17.0 Å². The fraction of sp³-hybridized carbons (Fsp3) is 0.188. The number of aromatic nitrogens is 3. The Morgan fingerprint density at radius 3 is 2.72 bits per heavy atom. The maximum Gasteiger partial charge on any atom is 0.266 e. The van der Waals surface area contributed by atoms with Crippen LogP contribution in [0.15, 0.2) is 51.9 Å². The number of rotatable bonds is 6. The van der Waals surface area contributed by atoms with E-state index in [1.54, 1.807) is 43.5 Å². The van der Waals surface area contributed by atoms with Gasteiger partial charge in [-0.05, 0) is 42.8 Å². The van der Waals surface area contributed by atoms with Crippen LogP contribution in [0.25, 0.3) is 11.6 Å². The van der Waals surface area contributed by atoms with Gasteiger partial charge in [-0.1, -0.05) is 6.07 Å². The Labute approximate surface area is 144 Å². The van der Waals surface area contributed by atoms with Crippen molar-refractivity contribution in [3.05, 3.63) is 54.0 Å². The summed E-state index contributed by atoms with van der Waals surface area (Å²) in [6.07, 6.45) is 1.61. The van der Waals surface area contributed by atoms with E-state index in [1.807, 2.05) is 0 Å². The van der Waals surface area contributed by atoms with Crippen molar-refractivity contribution in [1.82, 2.24) is 19.9 Å². The van der Waals surface area contributed by atoms with Crippen molar-refractivity contribution in [2.45, 2.75) is 18.4 Å². The second kappa shape index (κ2) is 6.99. The van der Waals surface area contributed by atoms with Crippen LogP contribution in [0.5, 0.6) is 5.75 Å². The number of nitrogens with zero attached hydrogens (tertiary/aromatic N) is 3. The molecular formula is C16H16N4O4S. The lowest BCUT2D eigenvalue weighted by atomic mass is 10.2. The maximum atomic E-state index is 12.4. The second-order valence-corrected chi connectivity index (χ2v) is 6.91. The van der Waals surface area contributed by atoms with Crippen molar-refractivity contribution < 1.29 is 17.6 Å². The van der Waals surface area contributed by atoms with Gasteiger partial charge in [0.15, 0.2) is 0 Å². The van der Waals surface area contributed by atoms with Gasteiger partial charge in [0.05, 0.1) is 18.6 Å². The minimum absolute atomic E-state index is 0.117. The van der Waals surface area contributed by atoms with Crippen LogP contribution in [0.2, 0.25) is 0 Å². The smallest absolute Gasteiger partial charge is 0.266 e. The molecule has 2 aromatic heterocycles. The average molecular weight is 360 g/mol. The first kappa shape index (κ1) is 17.1. The first-order chi connectivity index (χ1) is 12.0. The van der Waals surface area contributed by atoms with E-state index in [9.17, 15) is 8.42 Å². The monoisotopic (exact) mass is 360 g/mol. The minimum Gasteiger partial charge on any atom is -0.497 e. The predicted octanol–water partition coefficient (Wildman–Crippen LogP) is 1.93. The molecule has 0 bridgehead atoms. The number of aryl methyl sites for hydroxylation is 1. The van der Waals surface area contributed by atoms with Gasteiger partial charge in [-0.15, -0.1) is 10.2 Å². The van der Waals surface area contributed by atoms with Crippen molar-refractivity contribution in [3.8, 4) is 17.3 Å². The molecule has 0 radical (unpaired) electrons. The minimum atomic E-state index is -3.72. The van der Waals surface area contributed by atoms with E-state index >= 15 is 0 Å². The maximum absolute atomic E-state index is 12.4. The van der Waals surface area contributed by atoms with E-state index in [-0.39, 0.29) is 23.2 Å². The number of hydrogen-bond donors (Lipinski definition) is 1. The third-order valence-corrected chi connectivity index (χ3v) is 5.00. The van der Waals surface area contributed by atoms with E-state index in [1.165, 1.54) is 13.2 Å². The normalized spacial score (nSPS) is 11.4. The lowest BCUT2D eigenvalue weighted by Gasteiger charge is -2.09. The number of nitrogens with one attached hydrogen (secondary N) is 1. The largest absolute Gasteiger partial charge is 0.497 e. The van der Waals surface area contributed by atoms with E-state index in [2.05, 4.69) is 19.9 Å². The summed E-state index contributed by atoms with van der Waals surface area (Å²) in [6.45, 7) is 1.58. The topological polar surface area (TPSA) is 107 Å². The van der Waals surface area contributed by atoms with Gasteiger partial charge < -0.3 is 9.15 Å². The van der Waals surface area contributed by atoms with Gasteiger partial charge in [0.1, 0.15) is 11.4 Å². The van der Waals surface area contributed by atoms with Crippen molar-refractivity contribution in [2.24, 2.45) is 0 Å². The molecule has 0 spiro atoms. The quantitative estimate of drug-likeness (QED) is 0.715. The molecule has 0 aliphatic rings. The molecule has 3 rings (SSSR count). The molecule has 1 aromatic carbocycles. The van der Waals surface area contributed by atoms with Gasteiger partial charge in [-0.3, -0.25) is 4.98 Å². The summed E-state index contributed by atoms with van der Waals surface area (Å²) in [5, 5.41) is 7.71. The molecule has 1 N–H and O–H groups in total. The molecule has 130 valence electrons. The molecule has 0 saturated heterocycles. The number of methoxy groups -OCH3 is 1. The summed E-state index contributed by atoms with van der Waals surface area (Å²) in [6, 6.07) is 10.0. The highest BCUT2D eigenvalue weighted by molar-refractivity contribution is 7.89. The Kier molecular flexibility index (Phi) is 4.77. The standard InChI is InChI=1S/C16H16N4O4S/c1-11-9-12(23-2)6-7-14(11)25(21,22)18-10-15-19-20-16(24-15)13-5-3-4-8-17-13/h3-9,18H,10H2,1-2H3. The van der Waals surface area contributed by atoms with Crippen molar-refractivity contribution >= 4 is 10.0 Å². The summed E-state index contributed by atoms with van der Waals surface area (Å²) in [5.74, 6) is 0.971. The fourth-order valence-electron chi connectivity index (χ4n) is 2.20. The molecule has 9 heteroatoms. The van der Waals surface area contributed by atoms with Gasteiger partial charge >= 0.3 is 0 Å². The number of sulfonamides is 1. The number of pyridine rings is 1. The molecular weight excluding hydrogens is 344 g/mol. The Morgan fingerprint density at radius 2 is 2.04 bits per heavy atom. The molecule has 0 fully saturated rings. The van der Waals surface area contributed by atoms with Crippen LogP contribution in [0.3, 0.4) is 0 Å². The van der Waals surface area contributed by atoms with E-state index in [0.717, 1.165) is 0 Å². The molecule has 25 heavy (non-hydrogen) atoms. The van der Waals surface area contributed by atoms with Crippen LogP contribution in [-0.4, -0.2) is 30.7 Å². The Bertz CT molecular complexity index is 971. The molecule has 8 nitrogen and oxygen atoms in total. The highest BCUT2D eigenvalue weighted by Crippen LogP contribution is 2.21. The van der Waals surface area contributed by atoms with Gasteiger partial charge in [0.2, 0.25) is 15.9 Å². The molecule has 0 unspecified atom stereocenters. The van der Waals surface area contributed by atoms with Crippen LogP contribution in [0.4, 0.5) is 0 Å². The average Bonchev–Trinajstić information content (AvgIpc) is 3.09. The van der Waals surface area contributed by atoms with Crippen LogP contribution in [0.1, 0.15) is 11.5 Å². The van der Waals surface area contributed by atoms with Crippen molar-refractivity contribution in [2.75, 3.05) is 7.11 Å². The van der Waals surface area contributed by atoms with Crippen LogP contribution >= 0.6 is 0 Å².